The van der Waals surface area contributed by atoms with E-state index in [0.29, 0.717) is 0 Å². The van der Waals surface area contributed by atoms with Gasteiger partial charge in [-0.05, 0) is 50.3 Å². The Kier molecular flexibility index (Phi) is 5.64. The van der Waals surface area contributed by atoms with Gasteiger partial charge in [0.1, 0.15) is 0 Å². The first-order chi connectivity index (χ1) is 7.65. The number of aliphatic hydroxyl groups is 1. The Labute approximate surface area is 103 Å². The van der Waals surface area contributed by atoms with Crippen molar-refractivity contribution < 1.29 is 5.11 Å². The molecule has 0 aromatic heterocycles. The first kappa shape index (κ1) is 13.3. The normalized spacial score (nSPS) is 10.5. The average Bonchev–Trinajstić information content (AvgIpc) is 2.20. The van der Waals surface area contributed by atoms with Gasteiger partial charge in [0.05, 0.1) is 10.7 Å². The topological polar surface area (TPSA) is 32.3 Å². The molecular weight excluding hydrogens is 222 g/mol. The van der Waals surface area contributed by atoms with Crippen molar-refractivity contribution in [1.82, 2.24) is 0 Å². The van der Waals surface area contributed by atoms with Crippen molar-refractivity contribution in [3.8, 4) is 0 Å². The number of aryl methyl sites for hydroxylation is 2. The minimum Gasteiger partial charge on any atom is -0.396 e. The van der Waals surface area contributed by atoms with Crippen LogP contribution in [0.5, 0.6) is 0 Å². The number of hydrogen-bond acceptors (Lipinski definition) is 2. The molecule has 1 aromatic carbocycles. The summed E-state index contributed by atoms with van der Waals surface area (Å²) in [7, 11) is 0. The van der Waals surface area contributed by atoms with Crippen LogP contribution in [0.4, 0.5) is 5.69 Å². The zero-order valence-electron chi connectivity index (χ0n) is 10.0. The van der Waals surface area contributed by atoms with Gasteiger partial charge in [-0.2, -0.15) is 0 Å². The number of aliphatic hydroxyl groups excluding tert-OH is 1. The Morgan fingerprint density at radius 2 is 1.94 bits per heavy atom. The lowest BCUT2D eigenvalue weighted by Crippen LogP contribution is -2.04. The largest absolute Gasteiger partial charge is 0.396 e. The Hall–Kier alpha value is -0.730. The van der Waals surface area contributed by atoms with Crippen LogP contribution >= 0.6 is 11.6 Å². The van der Waals surface area contributed by atoms with Crippen molar-refractivity contribution in [3.05, 3.63) is 28.3 Å². The van der Waals surface area contributed by atoms with E-state index in [9.17, 15) is 0 Å². The molecule has 0 aliphatic heterocycles. The van der Waals surface area contributed by atoms with Crippen molar-refractivity contribution in [1.29, 1.82) is 0 Å². The number of benzene rings is 1. The van der Waals surface area contributed by atoms with Gasteiger partial charge in [-0.15, -0.1) is 0 Å². The molecule has 0 unspecified atom stereocenters. The molecule has 1 aromatic rings. The molecule has 0 spiro atoms. The Balaban J connectivity index is 2.47. The van der Waals surface area contributed by atoms with Gasteiger partial charge in [0.25, 0.3) is 0 Å². The van der Waals surface area contributed by atoms with Crippen molar-refractivity contribution in [3.63, 3.8) is 0 Å². The first-order valence-corrected chi connectivity index (χ1v) is 6.14. The van der Waals surface area contributed by atoms with Crippen LogP contribution in [0.3, 0.4) is 0 Å². The minimum absolute atomic E-state index is 0.282. The number of rotatable bonds is 6. The van der Waals surface area contributed by atoms with E-state index in [1.54, 1.807) is 0 Å². The maximum absolute atomic E-state index is 8.66. The zero-order chi connectivity index (χ0) is 12.0. The highest BCUT2D eigenvalue weighted by Crippen LogP contribution is 2.27. The monoisotopic (exact) mass is 241 g/mol. The van der Waals surface area contributed by atoms with E-state index in [4.69, 9.17) is 16.7 Å². The van der Waals surface area contributed by atoms with E-state index < -0.39 is 0 Å². The summed E-state index contributed by atoms with van der Waals surface area (Å²) in [6.45, 7) is 5.30. The highest BCUT2D eigenvalue weighted by Gasteiger charge is 2.04. The maximum atomic E-state index is 8.66. The number of unbranched alkanes of at least 4 members (excludes halogenated alkanes) is 2. The molecule has 0 fully saturated rings. The van der Waals surface area contributed by atoms with Crippen LogP contribution in [-0.4, -0.2) is 18.3 Å². The SMILES string of the molecule is Cc1cc(C)c(NCCCCCO)c(Cl)c1. The number of hydrogen-bond donors (Lipinski definition) is 2. The van der Waals surface area contributed by atoms with Crippen molar-refractivity contribution in [2.75, 3.05) is 18.5 Å². The zero-order valence-corrected chi connectivity index (χ0v) is 10.8. The molecule has 0 amide bonds. The summed E-state index contributed by atoms with van der Waals surface area (Å²) in [5.41, 5.74) is 3.41. The number of halogens is 1. The van der Waals surface area contributed by atoms with E-state index in [-0.39, 0.29) is 6.61 Å². The van der Waals surface area contributed by atoms with Crippen molar-refractivity contribution in [2.24, 2.45) is 0 Å². The highest BCUT2D eigenvalue weighted by atomic mass is 35.5. The van der Waals surface area contributed by atoms with Crippen molar-refractivity contribution in [2.45, 2.75) is 33.1 Å². The summed E-state index contributed by atoms with van der Waals surface area (Å²) in [6.07, 6.45) is 2.98. The molecule has 0 heterocycles. The van der Waals surface area contributed by atoms with E-state index in [2.05, 4.69) is 18.3 Å². The predicted octanol–water partition coefficient (Wildman–Crippen LogP) is 3.53. The Bertz CT molecular complexity index is 316. The molecule has 0 saturated heterocycles. The fraction of sp³-hybridized carbons (Fsp3) is 0.538. The van der Waals surface area contributed by atoms with Gasteiger partial charge < -0.3 is 10.4 Å². The van der Waals surface area contributed by atoms with Gasteiger partial charge in [0.2, 0.25) is 0 Å². The maximum Gasteiger partial charge on any atom is 0.0642 e. The van der Waals surface area contributed by atoms with Gasteiger partial charge in [-0.25, -0.2) is 0 Å². The molecule has 90 valence electrons. The summed E-state index contributed by atoms with van der Waals surface area (Å²) in [5, 5.41) is 12.8. The van der Waals surface area contributed by atoms with E-state index in [0.717, 1.165) is 36.5 Å². The van der Waals surface area contributed by atoms with Crippen LogP contribution in [0, 0.1) is 13.8 Å². The van der Waals surface area contributed by atoms with Gasteiger partial charge >= 0.3 is 0 Å². The second kappa shape index (κ2) is 6.77. The molecule has 16 heavy (non-hydrogen) atoms. The molecule has 1 rings (SSSR count). The molecule has 0 radical (unpaired) electrons. The molecule has 3 heteroatoms. The second-order valence-corrected chi connectivity index (χ2v) is 4.56. The fourth-order valence-corrected chi connectivity index (χ4v) is 2.15. The highest BCUT2D eigenvalue weighted by molar-refractivity contribution is 6.33. The van der Waals surface area contributed by atoms with Crippen LogP contribution in [-0.2, 0) is 0 Å². The first-order valence-electron chi connectivity index (χ1n) is 5.76. The standard InChI is InChI=1S/C13H20ClNO/c1-10-8-11(2)13(12(14)9-10)15-6-4-3-5-7-16/h8-9,15-16H,3-7H2,1-2H3. The molecule has 0 aliphatic carbocycles. The third kappa shape index (κ3) is 4.03. The fourth-order valence-electron chi connectivity index (χ4n) is 1.77. The van der Waals surface area contributed by atoms with Gasteiger partial charge in [0.15, 0.2) is 0 Å². The summed E-state index contributed by atoms with van der Waals surface area (Å²) < 4.78 is 0. The molecule has 0 saturated carbocycles. The van der Waals surface area contributed by atoms with Crippen LogP contribution in [0.2, 0.25) is 5.02 Å². The number of nitrogens with one attached hydrogen (secondary N) is 1. The third-order valence-corrected chi connectivity index (χ3v) is 2.87. The van der Waals surface area contributed by atoms with E-state index in [1.807, 2.05) is 13.0 Å². The summed E-state index contributed by atoms with van der Waals surface area (Å²) in [4.78, 5) is 0. The van der Waals surface area contributed by atoms with Crippen molar-refractivity contribution >= 4 is 17.3 Å². The predicted molar refractivity (Wildman–Crippen MR) is 70.4 cm³/mol. The molecule has 2 N–H and O–H groups in total. The summed E-state index contributed by atoms with van der Waals surface area (Å²) in [5.74, 6) is 0. The number of anilines is 1. The lowest BCUT2D eigenvalue weighted by atomic mass is 10.1. The molecule has 0 atom stereocenters. The molecule has 2 nitrogen and oxygen atoms in total. The third-order valence-electron chi connectivity index (χ3n) is 2.57. The van der Waals surface area contributed by atoms with Crippen LogP contribution in [0.1, 0.15) is 30.4 Å². The van der Waals surface area contributed by atoms with Gasteiger partial charge in [-0.1, -0.05) is 17.7 Å². The lowest BCUT2D eigenvalue weighted by molar-refractivity contribution is 0.283. The smallest absolute Gasteiger partial charge is 0.0642 e. The quantitative estimate of drug-likeness (QED) is 0.747. The minimum atomic E-state index is 0.282. The van der Waals surface area contributed by atoms with Crippen LogP contribution in [0.25, 0.3) is 0 Å². The summed E-state index contributed by atoms with van der Waals surface area (Å²) >= 11 is 6.17. The van der Waals surface area contributed by atoms with Crippen LogP contribution < -0.4 is 5.32 Å². The van der Waals surface area contributed by atoms with Gasteiger partial charge in [-0.3, -0.25) is 0 Å². The molecule has 0 bridgehead atoms. The van der Waals surface area contributed by atoms with E-state index in [1.165, 1.54) is 11.1 Å². The Morgan fingerprint density at radius 1 is 1.19 bits per heavy atom. The lowest BCUT2D eigenvalue weighted by Gasteiger charge is -2.12. The second-order valence-electron chi connectivity index (χ2n) is 4.15. The van der Waals surface area contributed by atoms with Gasteiger partial charge in [0, 0.05) is 13.2 Å². The van der Waals surface area contributed by atoms with Crippen LogP contribution in [0.15, 0.2) is 12.1 Å². The van der Waals surface area contributed by atoms with E-state index >= 15 is 0 Å². The Morgan fingerprint density at radius 3 is 2.56 bits per heavy atom. The average molecular weight is 242 g/mol. The summed E-state index contributed by atoms with van der Waals surface area (Å²) in [6, 6.07) is 4.10. The molecular formula is C13H20ClNO. The molecule has 0 aliphatic rings.